The fourth-order valence-electron chi connectivity index (χ4n) is 6.46. The maximum Gasteiger partial charge on any atom is 0.490 e. The number of carboxylic acid groups (broad SMARTS) is 2. The molecule has 16 N–H and O–H groups in total. The molecule has 2 amide bonds. The summed E-state index contributed by atoms with van der Waals surface area (Å²) in [6.45, 7) is 2.57. The van der Waals surface area contributed by atoms with Gasteiger partial charge in [-0.25, -0.2) is 23.9 Å². The number of anilines is 1. The molecule has 0 bridgehead atoms. The van der Waals surface area contributed by atoms with Gasteiger partial charge in [0, 0.05) is 44.0 Å². The lowest BCUT2D eigenvalue weighted by molar-refractivity contribution is -0.676. The maximum atomic E-state index is 13.3. The van der Waals surface area contributed by atoms with Crippen LogP contribution in [-0.4, -0.2) is 205 Å². The number of nitrogens with one attached hydrogen (secondary N) is 3. The molecule has 1 aromatic carbocycles. The molecule has 3 heterocycles. The molecule has 0 aliphatic rings. The lowest BCUT2D eigenvalue weighted by atomic mass is 10.0. The van der Waals surface area contributed by atoms with E-state index in [1.165, 1.54) is 4.90 Å². The van der Waals surface area contributed by atoms with Crippen molar-refractivity contribution in [2.45, 2.75) is 101 Å². The van der Waals surface area contributed by atoms with Crippen LogP contribution >= 0.6 is 0 Å². The normalized spacial score (nSPS) is 15.4. The Labute approximate surface area is 391 Å². The lowest BCUT2D eigenvalue weighted by Crippen LogP contribution is -2.53. The quantitative estimate of drug-likeness (QED) is 0.0199. The minimum atomic E-state index is -5.19. The molecule has 8 unspecified atom stereocenters. The van der Waals surface area contributed by atoms with Crippen LogP contribution in [0, 0.1) is 0 Å². The number of imidazole rings is 1. The third-order valence-corrected chi connectivity index (χ3v) is 10.1. The van der Waals surface area contributed by atoms with Gasteiger partial charge < -0.3 is 87.4 Å². The van der Waals surface area contributed by atoms with E-state index < -0.39 is 111 Å². The van der Waals surface area contributed by atoms with Crippen molar-refractivity contribution in [3.8, 4) is 0 Å². The average Bonchev–Trinajstić information content (AvgIpc) is 3.90. The average molecular weight is 1020 g/mol. The van der Waals surface area contributed by atoms with Gasteiger partial charge >= 0.3 is 18.3 Å². The van der Waals surface area contributed by atoms with Crippen LogP contribution in [0.4, 0.5) is 32.2 Å². The van der Waals surface area contributed by atoms with Crippen molar-refractivity contribution in [1.82, 2.24) is 35.1 Å². The van der Waals surface area contributed by atoms with Crippen molar-refractivity contribution in [2.75, 3.05) is 45.1 Å². The van der Waals surface area contributed by atoms with Crippen molar-refractivity contribution in [1.29, 1.82) is 0 Å². The highest BCUT2D eigenvalue weighted by Gasteiger charge is 2.38. The number of alkyl halides is 6. The zero-order valence-corrected chi connectivity index (χ0v) is 37.1. The first-order valence-corrected chi connectivity index (χ1v) is 20.7. The largest absolute Gasteiger partial charge is 0.542 e. The molecule has 25 nitrogen and oxygen atoms in total. The zero-order chi connectivity index (χ0) is 53.4. The number of carbonyl (C=O) groups excluding carboxylic acids is 3. The number of aliphatic hydroxyl groups excluding tert-OH is 10. The lowest BCUT2D eigenvalue weighted by Gasteiger charge is -2.33. The van der Waals surface area contributed by atoms with Crippen molar-refractivity contribution >= 4 is 51.8 Å². The van der Waals surface area contributed by atoms with Gasteiger partial charge in [-0.05, 0) is 38.5 Å². The summed E-state index contributed by atoms with van der Waals surface area (Å²) < 4.78 is 67.3. The Morgan fingerprint density at radius 2 is 1.33 bits per heavy atom. The van der Waals surface area contributed by atoms with E-state index in [1.807, 2.05) is 23.0 Å². The van der Waals surface area contributed by atoms with Crippen LogP contribution in [0.25, 0.3) is 22.2 Å². The number of carbonyl (C=O) groups is 4. The van der Waals surface area contributed by atoms with E-state index in [9.17, 15) is 76.8 Å². The smallest absolute Gasteiger partial charge is 0.490 e. The number of aryl methyl sites for hydroxylation is 2. The molecule has 394 valence electrons. The number of benzene rings is 1. The minimum Gasteiger partial charge on any atom is -0.542 e. The van der Waals surface area contributed by atoms with Gasteiger partial charge in [0.25, 0.3) is 17.6 Å². The van der Waals surface area contributed by atoms with Gasteiger partial charge in [-0.2, -0.15) is 26.3 Å². The van der Waals surface area contributed by atoms with Crippen LogP contribution in [0.5, 0.6) is 0 Å². The summed E-state index contributed by atoms with van der Waals surface area (Å²) in [6, 6.07) is 6.88. The van der Waals surface area contributed by atoms with Crippen molar-refractivity contribution in [2.24, 2.45) is 0 Å². The van der Waals surface area contributed by atoms with Gasteiger partial charge in [0.2, 0.25) is 0 Å². The number of fused-ring (bicyclic) bond motifs is 2. The number of halogens is 6. The third-order valence-electron chi connectivity index (χ3n) is 10.1. The molecule has 70 heavy (non-hydrogen) atoms. The number of aliphatic carboxylic acids is 2. The molecule has 0 aliphatic heterocycles. The molecular weight excluding hydrogens is 964 g/mol. The number of carboxylic acids is 2. The van der Waals surface area contributed by atoms with Crippen molar-refractivity contribution in [3.05, 3.63) is 47.5 Å². The van der Waals surface area contributed by atoms with Gasteiger partial charge in [-0.3, -0.25) is 14.5 Å². The number of aromatic nitrogens is 5. The van der Waals surface area contributed by atoms with E-state index in [0.29, 0.717) is 29.8 Å². The van der Waals surface area contributed by atoms with Crippen LogP contribution < -0.4 is 26.0 Å². The number of nitrogens with zero attached hydrogens (tertiary/aromatic N) is 5. The molecule has 4 rings (SSSR count). The van der Waals surface area contributed by atoms with E-state index in [0.717, 1.165) is 16.9 Å². The van der Waals surface area contributed by atoms with E-state index in [4.69, 9.17) is 35.7 Å². The van der Waals surface area contributed by atoms with E-state index in [2.05, 4.69) is 25.6 Å². The fraction of sp³-hybridized carbons (Fsp3) is 0.564. The fourth-order valence-corrected chi connectivity index (χ4v) is 6.46. The summed E-state index contributed by atoms with van der Waals surface area (Å²) in [5.41, 5.74) is 8.88. The summed E-state index contributed by atoms with van der Waals surface area (Å²) in [5.74, 6) is -5.93. The standard InChI is InChI=1S/C35H53N9O12.2C2HF3O2/c1-3-43-20-7-6-18(12-21(20)44(4-2)26(43)13-39-35(56)27-32(36)41-33-19(40-27)8-10-37-33)34(55)38-9-5-11-42(14-22(47)28(51)30(53)24(49)16-45)15-23(48)29(52)31(54)25(50)17-46;2*3-2(4,5)1(6)7/h6-8,10,12,22-25,28-31,45-54H,3-5,9,11,13-17H2,1-2H3,(H4-,36,37,38,39,40,41,55,56);2*(H,6,7). The van der Waals surface area contributed by atoms with Gasteiger partial charge in [0.1, 0.15) is 54.7 Å². The van der Waals surface area contributed by atoms with Crippen LogP contribution in [-0.2, 0) is 29.2 Å². The maximum absolute atomic E-state index is 13.3. The van der Waals surface area contributed by atoms with Gasteiger partial charge in [-0.15, -0.1) is 0 Å². The van der Waals surface area contributed by atoms with Crippen molar-refractivity contribution < 1.29 is 111 Å². The molecular formula is C39H55F6N9O16. The highest BCUT2D eigenvalue weighted by Crippen LogP contribution is 2.19. The summed E-state index contributed by atoms with van der Waals surface area (Å²) in [5, 5.41) is 121. The Morgan fingerprint density at radius 1 is 0.814 bits per heavy atom. The molecule has 0 saturated carbocycles. The second-order valence-electron chi connectivity index (χ2n) is 15.0. The molecule has 3 aromatic heterocycles. The van der Waals surface area contributed by atoms with Gasteiger partial charge in [-0.1, -0.05) is 0 Å². The summed E-state index contributed by atoms with van der Waals surface area (Å²) in [6.07, 6.45) is -23.0. The van der Waals surface area contributed by atoms with E-state index in [-0.39, 0.29) is 37.6 Å². The third kappa shape index (κ3) is 16.9. The Balaban J connectivity index is 0.00000104. The predicted octanol–water partition coefficient (Wildman–Crippen LogP) is -5.02. The van der Waals surface area contributed by atoms with E-state index in [1.54, 1.807) is 30.5 Å². The first-order valence-electron chi connectivity index (χ1n) is 20.7. The molecule has 4 aromatic rings. The second-order valence-corrected chi connectivity index (χ2v) is 15.0. The van der Waals surface area contributed by atoms with E-state index >= 15 is 0 Å². The first kappa shape index (κ1) is 60.3. The number of H-pyrrole nitrogens is 1. The Morgan fingerprint density at radius 3 is 1.79 bits per heavy atom. The van der Waals surface area contributed by atoms with Crippen LogP contribution in [0.3, 0.4) is 0 Å². The Kier molecular flexibility index (Phi) is 23.2. The number of rotatable bonds is 22. The number of nitrogen functional groups attached to an aromatic ring is 1. The van der Waals surface area contributed by atoms with Crippen LogP contribution in [0.15, 0.2) is 30.5 Å². The SMILES string of the molecule is CCn1c(CNC(=O)c2nc3cc[nH]c3nc2N)[n+](CC)c2ccc(C(=O)NCCCN(CC(O)C(O)C(O)C(O)CO)CC(O)C(O)C(O)C(O)CO)cc21.O=C(O)C(F)(F)F.O=C([O-])C(F)(F)F. The summed E-state index contributed by atoms with van der Waals surface area (Å²) in [7, 11) is 0. The number of hydrogen-bond donors (Lipinski definition) is 15. The first-order chi connectivity index (χ1) is 32.5. The summed E-state index contributed by atoms with van der Waals surface area (Å²) >= 11 is 0. The molecule has 0 fully saturated rings. The highest BCUT2D eigenvalue weighted by molar-refractivity contribution is 5.98. The second kappa shape index (κ2) is 26.9. The molecule has 0 radical (unpaired) electrons. The molecule has 31 heteroatoms. The molecule has 0 aliphatic carbocycles. The molecule has 8 atom stereocenters. The monoisotopic (exact) mass is 1020 g/mol. The van der Waals surface area contributed by atoms with Crippen LogP contribution in [0.1, 0.15) is 46.9 Å². The number of amides is 2. The minimum absolute atomic E-state index is 0.00250. The number of aromatic amines is 1. The molecule has 0 spiro atoms. The zero-order valence-electron chi connectivity index (χ0n) is 37.1. The summed E-state index contributed by atoms with van der Waals surface area (Å²) in [4.78, 5) is 56.9. The number of aliphatic hydroxyl groups is 10. The van der Waals surface area contributed by atoms with Gasteiger partial charge in [0.05, 0.1) is 38.5 Å². The van der Waals surface area contributed by atoms with Crippen molar-refractivity contribution in [3.63, 3.8) is 0 Å². The number of hydrogen-bond acceptors (Lipinski definition) is 19. The predicted molar refractivity (Wildman–Crippen MR) is 223 cm³/mol. The topological polar surface area (TPSA) is 418 Å². The Bertz CT molecular complexity index is 2280. The number of nitrogens with two attached hydrogens (primary N) is 1. The van der Waals surface area contributed by atoms with Crippen LogP contribution in [0.2, 0.25) is 0 Å². The highest BCUT2D eigenvalue weighted by atomic mass is 19.4. The Hall–Kier alpha value is -5.87. The van der Waals surface area contributed by atoms with Gasteiger partial charge in [0.15, 0.2) is 28.2 Å². The molecule has 0 saturated heterocycles.